The van der Waals surface area contributed by atoms with E-state index < -0.39 is 0 Å². The average molecular weight is 345 g/mol. The Balaban J connectivity index is 1.39. The molecule has 2 bridgehead atoms. The minimum Gasteiger partial charge on any atom is -0.350 e. The minimum atomic E-state index is -0.350. The van der Waals surface area contributed by atoms with Crippen molar-refractivity contribution in [2.75, 3.05) is 6.54 Å². The molecule has 1 aromatic carbocycles. The van der Waals surface area contributed by atoms with Gasteiger partial charge in [-0.2, -0.15) is 0 Å². The third-order valence-electron chi connectivity index (χ3n) is 5.30. The summed E-state index contributed by atoms with van der Waals surface area (Å²) in [7, 11) is 0. The Morgan fingerprint density at radius 2 is 1.75 bits per heavy atom. The van der Waals surface area contributed by atoms with Crippen molar-refractivity contribution in [1.82, 2.24) is 10.2 Å². The van der Waals surface area contributed by atoms with Crippen molar-refractivity contribution in [2.45, 2.75) is 13.0 Å². The smallest absolute Gasteiger partial charge is 0.240 e. The average Bonchev–Trinajstić information content (AvgIpc) is 3.24. The molecule has 24 heavy (non-hydrogen) atoms. The lowest BCUT2D eigenvalue weighted by Gasteiger charge is -2.17. The van der Waals surface area contributed by atoms with E-state index >= 15 is 0 Å². The van der Waals surface area contributed by atoms with Crippen LogP contribution in [-0.4, -0.2) is 29.2 Å². The molecule has 0 spiro atoms. The van der Waals surface area contributed by atoms with E-state index in [1.54, 1.807) is 6.07 Å². The molecule has 1 saturated carbocycles. The molecule has 1 heterocycles. The number of fused-ring (bicyclic) bond motifs is 5. The zero-order chi connectivity index (χ0) is 16.8. The van der Waals surface area contributed by atoms with Crippen molar-refractivity contribution in [3.63, 3.8) is 0 Å². The van der Waals surface area contributed by atoms with Gasteiger partial charge in [0.1, 0.15) is 6.54 Å². The van der Waals surface area contributed by atoms with Crippen molar-refractivity contribution < 1.29 is 14.4 Å². The highest BCUT2D eigenvalue weighted by atomic mass is 35.5. The van der Waals surface area contributed by atoms with Crippen LogP contribution in [0.1, 0.15) is 12.0 Å². The fraction of sp³-hybridized carbons (Fsp3) is 0.389. The predicted molar refractivity (Wildman–Crippen MR) is 87.7 cm³/mol. The fourth-order valence-corrected chi connectivity index (χ4v) is 4.36. The maximum absolute atomic E-state index is 12.5. The molecule has 3 amide bonds. The van der Waals surface area contributed by atoms with Crippen LogP contribution in [0.15, 0.2) is 36.4 Å². The van der Waals surface area contributed by atoms with Gasteiger partial charge in [0.05, 0.1) is 11.8 Å². The number of amides is 3. The van der Waals surface area contributed by atoms with Crippen molar-refractivity contribution in [3.05, 3.63) is 47.0 Å². The maximum atomic E-state index is 12.5. The molecule has 5 nitrogen and oxygen atoms in total. The van der Waals surface area contributed by atoms with E-state index in [4.69, 9.17) is 11.6 Å². The van der Waals surface area contributed by atoms with Gasteiger partial charge < -0.3 is 5.32 Å². The molecule has 3 aliphatic rings. The summed E-state index contributed by atoms with van der Waals surface area (Å²) in [6, 6.07) is 7.23. The molecule has 124 valence electrons. The first-order valence-corrected chi connectivity index (χ1v) is 8.47. The molecule has 1 aromatic rings. The quantitative estimate of drug-likeness (QED) is 0.668. The van der Waals surface area contributed by atoms with Crippen LogP contribution in [0.25, 0.3) is 0 Å². The molecule has 0 unspecified atom stereocenters. The highest BCUT2D eigenvalue weighted by molar-refractivity contribution is 6.31. The van der Waals surface area contributed by atoms with E-state index in [-0.39, 0.29) is 54.5 Å². The first-order valence-electron chi connectivity index (χ1n) is 8.10. The van der Waals surface area contributed by atoms with Gasteiger partial charge in [-0.15, -0.1) is 0 Å². The molecular weight excluding hydrogens is 328 g/mol. The first kappa shape index (κ1) is 15.4. The Hall–Kier alpha value is -2.14. The standard InChI is InChI=1S/C18H17ClN2O3/c19-13-4-2-1-3-12(13)8-20-14(22)9-21-17(23)15-10-5-6-11(7-10)16(15)18(21)24/h1-6,10-11,15-16H,7-9H2,(H,20,22)/t10-,11-,15-,16-/m0/s1. The predicted octanol–water partition coefficient (Wildman–Crippen LogP) is 1.76. The maximum Gasteiger partial charge on any atom is 0.240 e. The number of imide groups is 1. The molecule has 1 saturated heterocycles. The summed E-state index contributed by atoms with van der Waals surface area (Å²) in [4.78, 5) is 38.3. The summed E-state index contributed by atoms with van der Waals surface area (Å²) in [6.45, 7) is 0.0585. The molecule has 2 fully saturated rings. The largest absolute Gasteiger partial charge is 0.350 e. The molecule has 2 aliphatic carbocycles. The summed E-state index contributed by atoms with van der Waals surface area (Å²) in [5.74, 6) is -0.950. The van der Waals surface area contributed by atoms with Crippen molar-refractivity contribution >= 4 is 29.3 Å². The van der Waals surface area contributed by atoms with Gasteiger partial charge in [0.15, 0.2) is 0 Å². The molecule has 0 radical (unpaired) electrons. The number of likely N-dealkylation sites (tertiary alicyclic amines) is 1. The topological polar surface area (TPSA) is 66.5 Å². The number of benzene rings is 1. The Kier molecular flexibility index (Phi) is 3.68. The van der Waals surface area contributed by atoms with Crippen molar-refractivity contribution in [2.24, 2.45) is 23.7 Å². The van der Waals surface area contributed by atoms with Crippen LogP contribution in [0.3, 0.4) is 0 Å². The lowest BCUT2D eigenvalue weighted by Crippen LogP contribution is -2.41. The zero-order valence-electron chi connectivity index (χ0n) is 12.9. The second-order valence-electron chi connectivity index (χ2n) is 6.63. The number of hydrogen-bond donors (Lipinski definition) is 1. The number of nitrogens with zero attached hydrogens (tertiary/aromatic N) is 1. The third-order valence-corrected chi connectivity index (χ3v) is 5.67. The van der Waals surface area contributed by atoms with Crippen LogP contribution in [0.4, 0.5) is 0 Å². The lowest BCUT2D eigenvalue weighted by atomic mass is 9.85. The summed E-state index contributed by atoms with van der Waals surface area (Å²) in [6.07, 6.45) is 4.97. The van der Waals surface area contributed by atoms with Gasteiger partial charge in [0, 0.05) is 11.6 Å². The van der Waals surface area contributed by atoms with E-state index in [9.17, 15) is 14.4 Å². The highest BCUT2D eigenvalue weighted by Gasteiger charge is 2.59. The zero-order valence-corrected chi connectivity index (χ0v) is 13.7. The van der Waals surface area contributed by atoms with Gasteiger partial charge in [0.25, 0.3) is 0 Å². The van der Waals surface area contributed by atoms with Gasteiger partial charge in [-0.25, -0.2) is 0 Å². The molecule has 1 N–H and O–H groups in total. The molecule has 1 aliphatic heterocycles. The highest BCUT2D eigenvalue weighted by Crippen LogP contribution is 2.52. The van der Waals surface area contributed by atoms with Crippen LogP contribution in [0, 0.1) is 23.7 Å². The van der Waals surface area contributed by atoms with E-state index in [2.05, 4.69) is 5.32 Å². The number of allylic oxidation sites excluding steroid dienone is 2. The van der Waals surface area contributed by atoms with Crippen LogP contribution in [0.2, 0.25) is 5.02 Å². The van der Waals surface area contributed by atoms with Crippen LogP contribution in [-0.2, 0) is 20.9 Å². The number of nitrogens with one attached hydrogen (secondary N) is 1. The van der Waals surface area contributed by atoms with Gasteiger partial charge in [0.2, 0.25) is 17.7 Å². The summed E-state index contributed by atoms with van der Waals surface area (Å²) >= 11 is 6.05. The van der Waals surface area contributed by atoms with Gasteiger partial charge in [-0.3, -0.25) is 19.3 Å². The molecule has 4 rings (SSSR count). The second kappa shape index (κ2) is 5.74. The second-order valence-corrected chi connectivity index (χ2v) is 7.04. The Bertz CT molecular complexity index is 730. The van der Waals surface area contributed by atoms with Gasteiger partial charge in [-0.05, 0) is 29.9 Å². The van der Waals surface area contributed by atoms with Gasteiger partial charge >= 0.3 is 0 Å². The Morgan fingerprint density at radius 1 is 1.12 bits per heavy atom. The summed E-state index contributed by atoms with van der Waals surface area (Å²) < 4.78 is 0. The van der Waals surface area contributed by atoms with Crippen molar-refractivity contribution in [3.8, 4) is 0 Å². The molecule has 6 heteroatoms. The number of carbonyl (C=O) groups is 3. The molecule has 0 aromatic heterocycles. The SMILES string of the molecule is O=C(CN1C(=O)[C@@H]2[C@@H](C1=O)[C@H]1C=C[C@H]2C1)NCc1ccccc1Cl. The monoisotopic (exact) mass is 344 g/mol. The van der Waals surface area contributed by atoms with Crippen molar-refractivity contribution in [1.29, 1.82) is 0 Å². The normalized spacial score (nSPS) is 30.1. The fourth-order valence-electron chi connectivity index (χ4n) is 4.15. The van der Waals surface area contributed by atoms with E-state index in [0.29, 0.717) is 5.02 Å². The molecular formula is C18H17ClN2O3. The van der Waals surface area contributed by atoms with E-state index in [0.717, 1.165) is 16.9 Å². The van der Waals surface area contributed by atoms with Crippen LogP contribution in [0.5, 0.6) is 0 Å². The number of carbonyl (C=O) groups excluding carboxylic acids is 3. The van der Waals surface area contributed by atoms with Crippen LogP contribution >= 0.6 is 11.6 Å². The Morgan fingerprint density at radius 3 is 2.38 bits per heavy atom. The summed E-state index contributed by atoms with van der Waals surface area (Å²) in [5.41, 5.74) is 0.797. The van der Waals surface area contributed by atoms with Crippen LogP contribution < -0.4 is 5.32 Å². The number of rotatable bonds is 4. The van der Waals surface area contributed by atoms with E-state index in [1.165, 1.54) is 0 Å². The first-order chi connectivity index (χ1) is 11.6. The number of hydrogen-bond acceptors (Lipinski definition) is 3. The lowest BCUT2D eigenvalue weighted by molar-refractivity contribution is -0.144. The Labute approximate surface area is 144 Å². The minimum absolute atomic E-state index is 0.160. The summed E-state index contributed by atoms with van der Waals surface area (Å²) in [5, 5.41) is 3.30. The van der Waals surface area contributed by atoms with E-state index in [1.807, 2.05) is 30.4 Å². The van der Waals surface area contributed by atoms with Gasteiger partial charge in [-0.1, -0.05) is 42.0 Å². The third kappa shape index (κ3) is 2.35. The molecule has 4 atom stereocenters. The number of halogens is 1.